The van der Waals surface area contributed by atoms with Crippen LogP contribution in [0, 0.1) is 0 Å². The van der Waals surface area contributed by atoms with Gasteiger partial charge in [0.2, 0.25) is 17.4 Å². The van der Waals surface area contributed by atoms with Crippen LogP contribution in [-0.2, 0) is 56.9 Å². The molecule has 3 aromatic rings. The summed E-state index contributed by atoms with van der Waals surface area (Å²) < 4.78 is 22.9. The largest absolute Gasteiger partial charge is 0.457 e. The molecule has 3 N–H and O–H groups in total. The molecule has 260 valence electrons. The SMILES string of the molecule is CCCOC(=O)NCCOCC(=O)NC(C)C(=O)NC(C)C(=O)O[C@]1(CC)C(=O)OCc2c1cc1n(c2=O)Cc2cc3ccccc3nc2-1. The molecular formula is C34H39N5O10. The maximum absolute atomic E-state index is 13.7. The number of ether oxygens (including phenoxy) is 4. The number of para-hydroxylation sites is 1. The lowest BCUT2D eigenvalue weighted by molar-refractivity contribution is -0.190. The van der Waals surface area contributed by atoms with Gasteiger partial charge in [-0.15, -0.1) is 0 Å². The first-order valence-electron chi connectivity index (χ1n) is 16.1. The number of amides is 3. The van der Waals surface area contributed by atoms with Crippen LogP contribution in [-0.4, -0.2) is 77.8 Å². The number of carbonyl (C=O) groups excluding carboxylic acids is 5. The Bertz CT molecular complexity index is 1860. The van der Waals surface area contributed by atoms with Crippen LogP contribution < -0.4 is 21.5 Å². The Balaban J connectivity index is 1.24. The Morgan fingerprint density at radius 1 is 1.04 bits per heavy atom. The summed E-state index contributed by atoms with van der Waals surface area (Å²) >= 11 is 0. The van der Waals surface area contributed by atoms with Gasteiger partial charge >= 0.3 is 18.0 Å². The quantitative estimate of drug-likeness (QED) is 0.106. The van der Waals surface area contributed by atoms with Crippen molar-refractivity contribution in [3.05, 3.63) is 63.4 Å². The van der Waals surface area contributed by atoms with Crippen molar-refractivity contribution in [2.24, 2.45) is 0 Å². The summed E-state index contributed by atoms with van der Waals surface area (Å²) in [5, 5.41) is 8.35. The molecule has 0 spiro atoms. The van der Waals surface area contributed by atoms with Crippen LogP contribution in [0.2, 0.25) is 0 Å². The number of alkyl carbamates (subject to hydrolysis) is 1. The summed E-state index contributed by atoms with van der Waals surface area (Å²) in [6.07, 6.45) is 0.0553. The number of cyclic esters (lactones) is 1. The fourth-order valence-corrected chi connectivity index (χ4v) is 5.72. The van der Waals surface area contributed by atoms with Crippen molar-refractivity contribution in [2.75, 3.05) is 26.4 Å². The number of hydrogen-bond donors (Lipinski definition) is 3. The Morgan fingerprint density at radius 3 is 2.57 bits per heavy atom. The number of benzene rings is 1. The average Bonchev–Trinajstić information content (AvgIpc) is 3.44. The number of pyridine rings is 2. The van der Waals surface area contributed by atoms with Gasteiger partial charge in [0.25, 0.3) is 5.56 Å². The molecule has 5 rings (SSSR count). The Labute approximate surface area is 281 Å². The number of esters is 2. The van der Waals surface area contributed by atoms with E-state index < -0.39 is 47.5 Å². The van der Waals surface area contributed by atoms with E-state index in [1.165, 1.54) is 13.8 Å². The van der Waals surface area contributed by atoms with Crippen LogP contribution in [0.25, 0.3) is 22.3 Å². The van der Waals surface area contributed by atoms with Gasteiger partial charge in [-0.1, -0.05) is 32.0 Å². The third-order valence-corrected chi connectivity index (χ3v) is 8.33. The summed E-state index contributed by atoms with van der Waals surface area (Å²) in [6.45, 7) is 6.38. The number of nitrogens with one attached hydrogen (secondary N) is 3. The van der Waals surface area contributed by atoms with Crippen LogP contribution in [0.1, 0.15) is 57.2 Å². The highest BCUT2D eigenvalue weighted by Crippen LogP contribution is 2.41. The summed E-state index contributed by atoms with van der Waals surface area (Å²) in [5.74, 6) is -3.07. The molecule has 0 fully saturated rings. The van der Waals surface area contributed by atoms with E-state index in [0.29, 0.717) is 24.4 Å². The highest BCUT2D eigenvalue weighted by Gasteiger charge is 2.51. The molecule has 2 aliphatic rings. The van der Waals surface area contributed by atoms with Gasteiger partial charge in [0.15, 0.2) is 0 Å². The minimum atomic E-state index is -1.95. The molecular weight excluding hydrogens is 638 g/mol. The normalized spacial score (nSPS) is 17.1. The van der Waals surface area contributed by atoms with E-state index in [2.05, 4.69) is 16.0 Å². The van der Waals surface area contributed by atoms with Crippen molar-refractivity contribution in [3.8, 4) is 11.4 Å². The predicted octanol–water partition coefficient (Wildman–Crippen LogP) is 1.79. The first kappa shape index (κ1) is 35.0. The molecule has 0 radical (unpaired) electrons. The molecule has 0 aliphatic carbocycles. The second kappa shape index (κ2) is 14.8. The zero-order chi connectivity index (χ0) is 35.3. The number of rotatable bonds is 13. The second-order valence-corrected chi connectivity index (χ2v) is 11.8. The molecule has 3 atom stereocenters. The molecule has 4 heterocycles. The molecule has 0 bridgehead atoms. The number of nitrogens with zero attached hydrogens (tertiary/aromatic N) is 2. The van der Waals surface area contributed by atoms with Gasteiger partial charge in [0.05, 0.1) is 42.2 Å². The van der Waals surface area contributed by atoms with E-state index in [1.54, 1.807) is 17.6 Å². The number of aromatic nitrogens is 2. The maximum atomic E-state index is 13.7. The van der Waals surface area contributed by atoms with Crippen molar-refractivity contribution < 1.29 is 42.9 Å². The lowest BCUT2D eigenvalue weighted by Crippen LogP contribution is -2.53. The summed E-state index contributed by atoms with van der Waals surface area (Å²) in [7, 11) is 0. The average molecular weight is 678 g/mol. The van der Waals surface area contributed by atoms with E-state index in [1.807, 2.05) is 37.3 Å². The number of carbonyl (C=O) groups is 5. The molecule has 15 heteroatoms. The monoisotopic (exact) mass is 677 g/mol. The minimum Gasteiger partial charge on any atom is -0.457 e. The third kappa shape index (κ3) is 7.26. The van der Waals surface area contributed by atoms with Gasteiger partial charge in [-0.05, 0) is 44.9 Å². The lowest BCUT2D eigenvalue weighted by Gasteiger charge is -2.36. The van der Waals surface area contributed by atoms with Gasteiger partial charge in [-0.3, -0.25) is 14.4 Å². The molecule has 0 saturated heterocycles. The van der Waals surface area contributed by atoms with Crippen molar-refractivity contribution in [2.45, 2.75) is 71.4 Å². The topological polar surface area (TPSA) is 193 Å². The van der Waals surface area contributed by atoms with Crippen molar-refractivity contribution >= 4 is 40.7 Å². The summed E-state index contributed by atoms with van der Waals surface area (Å²) in [6, 6.07) is 8.93. The van der Waals surface area contributed by atoms with E-state index in [9.17, 15) is 28.8 Å². The van der Waals surface area contributed by atoms with Crippen molar-refractivity contribution in [3.63, 3.8) is 0 Å². The summed E-state index contributed by atoms with van der Waals surface area (Å²) in [5.41, 5.74) is 0.758. The van der Waals surface area contributed by atoms with Crippen LogP contribution >= 0.6 is 0 Å². The lowest BCUT2D eigenvalue weighted by atomic mass is 9.85. The van der Waals surface area contributed by atoms with Gasteiger partial charge in [-0.25, -0.2) is 19.4 Å². The first-order chi connectivity index (χ1) is 23.5. The molecule has 2 unspecified atom stereocenters. The molecule has 0 saturated carbocycles. The molecule has 2 aromatic heterocycles. The van der Waals surface area contributed by atoms with Gasteiger partial charge in [-0.2, -0.15) is 0 Å². The zero-order valence-corrected chi connectivity index (χ0v) is 27.8. The maximum Gasteiger partial charge on any atom is 0.407 e. The van der Waals surface area contributed by atoms with Crippen LogP contribution in [0.4, 0.5) is 4.79 Å². The molecule has 15 nitrogen and oxygen atoms in total. The fraction of sp³-hybridized carbons (Fsp3) is 0.441. The van der Waals surface area contributed by atoms with Crippen LogP contribution in [0.15, 0.2) is 41.2 Å². The smallest absolute Gasteiger partial charge is 0.407 e. The second-order valence-electron chi connectivity index (χ2n) is 11.8. The van der Waals surface area contributed by atoms with E-state index in [-0.39, 0.29) is 56.0 Å². The number of fused-ring (bicyclic) bond motifs is 5. The van der Waals surface area contributed by atoms with E-state index >= 15 is 0 Å². The Morgan fingerprint density at radius 2 is 1.82 bits per heavy atom. The third-order valence-electron chi connectivity index (χ3n) is 8.33. The minimum absolute atomic E-state index is 0.0398. The fourth-order valence-electron chi connectivity index (χ4n) is 5.72. The van der Waals surface area contributed by atoms with Crippen LogP contribution in [0.3, 0.4) is 0 Å². The highest BCUT2D eigenvalue weighted by atomic mass is 16.6. The van der Waals surface area contributed by atoms with Gasteiger partial charge in [0, 0.05) is 23.1 Å². The standard InChI is InChI=1S/C34H39N5O10/c1-5-12-47-33(45)35-11-13-46-18-27(40)36-19(3)29(41)37-20(4)31(43)49-34(6-2)24-15-26-28-22(14-21-9-7-8-10-25(21)38-28)16-39(26)30(42)23(24)17-48-32(34)44/h7-10,14-15,19-20H,5-6,11-13,16-18H2,1-4H3,(H,35,45)(H,36,40)(H,37,41)/t19?,20?,34-/m0/s1. The first-order valence-corrected chi connectivity index (χ1v) is 16.1. The van der Waals surface area contributed by atoms with Crippen molar-refractivity contribution in [1.29, 1.82) is 0 Å². The Hall–Kier alpha value is -5.31. The predicted molar refractivity (Wildman–Crippen MR) is 174 cm³/mol. The Kier molecular flexibility index (Phi) is 10.6. The zero-order valence-electron chi connectivity index (χ0n) is 27.8. The molecule has 3 amide bonds. The van der Waals surface area contributed by atoms with Gasteiger partial charge in [0.1, 0.15) is 25.3 Å². The molecule has 1 aromatic carbocycles. The van der Waals surface area contributed by atoms with E-state index in [4.69, 9.17) is 23.9 Å². The molecule has 49 heavy (non-hydrogen) atoms. The van der Waals surface area contributed by atoms with Crippen LogP contribution in [0.5, 0.6) is 0 Å². The number of hydrogen-bond acceptors (Lipinski definition) is 11. The summed E-state index contributed by atoms with van der Waals surface area (Å²) in [4.78, 5) is 81.8. The van der Waals surface area contributed by atoms with E-state index in [0.717, 1.165) is 16.5 Å². The van der Waals surface area contributed by atoms with Crippen molar-refractivity contribution in [1.82, 2.24) is 25.5 Å². The highest BCUT2D eigenvalue weighted by molar-refractivity contribution is 5.92. The van der Waals surface area contributed by atoms with Gasteiger partial charge < -0.3 is 39.5 Å². The molecule has 2 aliphatic heterocycles.